The normalized spacial score (nSPS) is 41.3. The first-order valence-electron chi connectivity index (χ1n) is 5.59. The second-order valence-electron chi connectivity index (χ2n) is 5.91. The molecule has 0 aromatic rings. The molecule has 0 aromatic carbocycles. The zero-order valence-electron chi connectivity index (χ0n) is 9.76. The summed E-state index contributed by atoms with van der Waals surface area (Å²) in [5, 5.41) is 0. The van der Waals surface area contributed by atoms with E-state index in [2.05, 4.69) is 25.8 Å². The molecule has 0 aromatic heterocycles. The van der Waals surface area contributed by atoms with Crippen LogP contribution in [0.5, 0.6) is 0 Å². The topological polar surface area (TPSA) is 20.3 Å². The zero-order valence-corrected chi connectivity index (χ0v) is 9.76. The molecule has 80 valence electrons. The molecule has 14 heavy (non-hydrogen) atoms. The molecule has 0 bridgehead atoms. The van der Waals surface area contributed by atoms with Gasteiger partial charge < -0.3 is 0 Å². The number of nitrogens with zero attached hydrogens (tertiary/aromatic N) is 1. The van der Waals surface area contributed by atoms with Crippen LogP contribution in [-0.2, 0) is 4.79 Å². The average molecular weight is 195 g/mol. The Hall–Kier alpha value is -0.370. The molecule has 2 nitrogen and oxygen atoms in total. The van der Waals surface area contributed by atoms with Crippen LogP contribution < -0.4 is 0 Å². The zero-order chi connectivity index (χ0) is 10.6. The molecule has 2 aliphatic rings. The van der Waals surface area contributed by atoms with Gasteiger partial charge in [0.2, 0.25) is 0 Å². The smallest absolute Gasteiger partial charge is 0.146 e. The van der Waals surface area contributed by atoms with E-state index in [-0.39, 0.29) is 6.04 Å². The molecule has 0 amide bonds. The Labute approximate surface area is 86.7 Å². The van der Waals surface area contributed by atoms with Crippen LogP contribution in [0.3, 0.4) is 0 Å². The van der Waals surface area contributed by atoms with Crippen molar-refractivity contribution in [3.05, 3.63) is 0 Å². The molecule has 0 N–H and O–H groups in total. The van der Waals surface area contributed by atoms with E-state index in [1.165, 1.54) is 12.8 Å². The van der Waals surface area contributed by atoms with E-state index in [1.807, 2.05) is 0 Å². The van der Waals surface area contributed by atoms with Gasteiger partial charge in [-0.2, -0.15) is 0 Å². The van der Waals surface area contributed by atoms with Crippen molar-refractivity contribution in [1.82, 2.24) is 4.90 Å². The molecule has 2 atom stereocenters. The van der Waals surface area contributed by atoms with Crippen molar-refractivity contribution in [2.24, 2.45) is 10.8 Å². The number of likely N-dealkylation sites (N-methyl/N-ethyl adjacent to an activating group) is 1. The predicted molar refractivity (Wildman–Crippen MR) is 57.2 cm³/mol. The van der Waals surface area contributed by atoms with Gasteiger partial charge >= 0.3 is 0 Å². The summed E-state index contributed by atoms with van der Waals surface area (Å²) in [6.45, 7) is 7.55. The van der Waals surface area contributed by atoms with E-state index in [1.54, 1.807) is 6.92 Å². The fourth-order valence-corrected chi connectivity index (χ4v) is 3.28. The number of ketones is 1. The van der Waals surface area contributed by atoms with Crippen LogP contribution in [0.15, 0.2) is 0 Å². The van der Waals surface area contributed by atoms with E-state index in [0.29, 0.717) is 16.6 Å². The Bertz CT molecular complexity index is 271. The van der Waals surface area contributed by atoms with Crippen molar-refractivity contribution in [1.29, 1.82) is 0 Å². The average Bonchev–Trinajstić information content (AvgIpc) is 2.44. The number of Topliss-reactive ketones (excluding diaryl/α,β-unsaturated/α-hetero) is 1. The van der Waals surface area contributed by atoms with Crippen molar-refractivity contribution < 1.29 is 4.79 Å². The fraction of sp³-hybridized carbons (Fsp3) is 0.917. The highest BCUT2D eigenvalue weighted by Crippen LogP contribution is 2.61. The molecule has 2 fully saturated rings. The standard InChI is InChI=1S/C12H21NO/c1-9(14)10-7-12(8-13(10)4)6-5-11(12,2)3/h10H,5-8H2,1-4H3/t10-,12?/m0/s1. The lowest BCUT2D eigenvalue weighted by atomic mass is 9.50. The highest BCUT2D eigenvalue weighted by atomic mass is 16.1. The third-order valence-corrected chi connectivity index (χ3v) is 4.80. The molecule has 1 saturated heterocycles. The Morgan fingerprint density at radius 3 is 2.21 bits per heavy atom. The molecule has 2 rings (SSSR count). The lowest BCUT2D eigenvalue weighted by Gasteiger charge is -2.54. The number of rotatable bonds is 1. The molecule has 1 aliphatic carbocycles. The van der Waals surface area contributed by atoms with Gasteiger partial charge in [-0.3, -0.25) is 9.69 Å². The summed E-state index contributed by atoms with van der Waals surface area (Å²) in [4.78, 5) is 13.7. The lowest BCUT2D eigenvalue weighted by molar-refractivity contribution is -0.121. The lowest BCUT2D eigenvalue weighted by Crippen LogP contribution is -2.48. The van der Waals surface area contributed by atoms with E-state index in [9.17, 15) is 4.79 Å². The molecular weight excluding hydrogens is 174 g/mol. The maximum atomic E-state index is 11.5. The number of carbonyl (C=O) groups excluding carboxylic acids is 1. The highest BCUT2D eigenvalue weighted by Gasteiger charge is 2.58. The first kappa shape index (κ1) is 10.2. The second kappa shape index (κ2) is 2.82. The van der Waals surface area contributed by atoms with E-state index in [4.69, 9.17) is 0 Å². The van der Waals surface area contributed by atoms with Crippen molar-refractivity contribution in [2.75, 3.05) is 13.6 Å². The van der Waals surface area contributed by atoms with Crippen LogP contribution in [0, 0.1) is 10.8 Å². The molecule has 1 spiro atoms. The van der Waals surface area contributed by atoms with Gasteiger partial charge in [0.15, 0.2) is 0 Å². The Morgan fingerprint density at radius 1 is 1.36 bits per heavy atom. The van der Waals surface area contributed by atoms with Crippen molar-refractivity contribution in [3.63, 3.8) is 0 Å². The van der Waals surface area contributed by atoms with Crippen LogP contribution in [0.1, 0.15) is 40.0 Å². The SMILES string of the molecule is CC(=O)[C@@H]1CC2(CCC2(C)C)CN1C. The summed E-state index contributed by atoms with van der Waals surface area (Å²) in [6.07, 6.45) is 3.73. The van der Waals surface area contributed by atoms with Gasteiger partial charge in [-0.25, -0.2) is 0 Å². The largest absolute Gasteiger partial charge is 0.298 e. The van der Waals surface area contributed by atoms with Gasteiger partial charge in [0.05, 0.1) is 6.04 Å². The molecule has 0 radical (unpaired) electrons. The van der Waals surface area contributed by atoms with E-state index >= 15 is 0 Å². The summed E-state index contributed by atoms with van der Waals surface area (Å²) in [5.41, 5.74) is 0.892. The molecule has 1 heterocycles. The summed E-state index contributed by atoms with van der Waals surface area (Å²) in [7, 11) is 2.09. The summed E-state index contributed by atoms with van der Waals surface area (Å²) in [5.74, 6) is 0.340. The maximum Gasteiger partial charge on any atom is 0.146 e. The van der Waals surface area contributed by atoms with Gasteiger partial charge in [-0.1, -0.05) is 13.8 Å². The summed E-state index contributed by atoms with van der Waals surface area (Å²) < 4.78 is 0. The first-order chi connectivity index (χ1) is 6.38. The van der Waals surface area contributed by atoms with Crippen molar-refractivity contribution >= 4 is 5.78 Å². The molecule has 1 aliphatic heterocycles. The van der Waals surface area contributed by atoms with Crippen LogP contribution in [0.2, 0.25) is 0 Å². The van der Waals surface area contributed by atoms with Gasteiger partial charge in [0, 0.05) is 6.54 Å². The van der Waals surface area contributed by atoms with Crippen molar-refractivity contribution in [3.8, 4) is 0 Å². The van der Waals surface area contributed by atoms with Gasteiger partial charge in [-0.15, -0.1) is 0 Å². The first-order valence-corrected chi connectivity index (χ1v) is 5.59. The summed E-state index contributed by atoms with van der Waals surface area (Å²) >= 11 is 0. The minimum absolute atomic E-state index is 0.189. The van der Waals surface area contributed by atoms with Crippen LogP contribution in [0.4, 0.5) is 0 Å². The van der Waals surface area contributed by atoms with Crippen LogP contribution in [0.25, 0.3) is 0 Å². The second-order valence-corrected chi connectivity index (χ2v) is 5.91. The maximum absolute atomic E-state index is 11.5. The number of carbonyl (C=O) groups is 1. The number of hydrogen-bond donors (Lipinski definition) is 0. The predicted octanol–water partition coefficient (Wildman–Crippen LogP) is 2.09. The van der Waals surface area contributed by atoms with Crippen LogP contribution in [-0.4, -0.2) is 30.3 Å². The molecular formula is C12H21NO. The number of hydrogen-bond acceptors (Lipinski definition) is 2. The Balaban J connectivity index is 2.17. The molecule has 1 saturated carbocycles. The van der Waals surface area contributed by atoms with Gasteiger partial charge in [-0.05, 0) is 44.1 Å². The molecule has 2 heteroatoms. The number of likely N-dealkylation sites (tertiary alicyclic amines) is 1. The third kappa shape index (κ3) is 1.16. The van der Waals surface area contributed by atoms with Crippen LogP contribution >= 0.6 is 0 Å². The van der Waals surface area contributed by atoms with E-state index < -0.39 is 0 Å². The minimum atomic E-state index is 0.189. The van der Waals surface area contributed by atoms with Gasteiger partial charge in [0.1, 0.15) is 5.78 Å². The monoisotopic (exact) mass is 195 g/mol. The minimum Gasteiger partial charge on any atom is -0.298 e. The van der Waals surface area contributed by atoms with Gasteiger partial charge in [0.25, 0.3) is 0 Å². The highest BCUT2D eigenvalue weighted by molar-refractivity contribution is 5.81. The third-order valence-electron chi connectivity index (χ3n) is 4.80. The van der Waals surface area contributed by atoms with Crippen molar-refractivity contribution in [2.45, 2.75) is 46.1 Å². The Morgan fingerprint density at radius 2 is 2.00 bits per heavy atom. The quantitative estimate of drug-likeness (QED) is 0.638. The molecule has 1 unspecified atom stereocenters. The van der Waals surface area contributed by atoms with E-state index in [0.717, 1.165) is 13.0 Å². The summed E-state index contributed by atoms with van der Waals surface area (Å²) in [6, 6.07) is 0.189. The fourth-order valence-electron chi connectivity index (χ4n) is 3.28. The Kier molecular flexibility index (Phi) is 2.04.